The van der Waals surface area contributed by atoms with Crippen LogP contribution >= 0.6 is 27.3 Å². The first-order valence-electron chi connectivity index (χ1n) is 12.4. The molecule has 0 amide bonds. The van der Waals surface area contributed by atoms with Crippen LogP contribution in [0.25, 0.3) is 6.08 Å². The van der Waals surface area contributed by atoms with E-state index < -0.39 is 12.0 Å². The van der Waals surface area contributed by atoms with Crippen LogP contribution in [-0.2, 0) is 14.3 Å². The minimum Gasteiger partial charge on any atom is -0.493 e. The van der Waals surface area contributed by atoms with Crippen molar-refractivity contribution in [2.24, 2.45) is 4.99 Å². The molecule has 10 nitrogen and oxygen atoms in total. The molecule has 1 fully saturated rings. The maximum Gasteiger partial charge on any atom is 0.338 e. The Morgan fingerprint density at radius 3 is 2.62 bits per heavy atom. The molecule has 4 heterocycles. The third-order valence-corrected chi connectivity index (χ3v) is 8.19. The monoisotopic (exact) mass is 617 g/mol. The number of thiazole rings is 1. The van der Waals surface area contributed by atoms with E-state index in [0.29, 0.717) is 55.5 Å². The van der Waals surface area contributed by atoms with E-state index in [1.807, 2.05) is 12.1 Å². The van der Waals surface area contributed by atoms with Crippen molar-refractivity contribution in [2.45, 2.75) is 19.9 Å². The molecular weight excluding hydrogens is 590 g/mol. The Kier molecular flexibility index (Phi) is 7.96. The second-order valence-electron chi connectivity index (χ2n) is 8.81. The number of carbonyl (C=O) groups is 1. The molecule has 5 rings (SSSR count). The molecule has 1 atom stereocenters. The Hall–Kier alpha value is -3.35. The van der Waals surface area contributed by atoms with E-state index in [1.54, 1.807) is 39.2 Å². The predicted molar refractivity (Wildman–Crippen MR) is 149 cm³/mol. The lowest BCUT2D eigenvalue weighted by Gasteiger charge is -2.26. The number of aromatic nitrogens is 1. The molecule has 0 radical (unpaired) electrons. The van der Waals surface area contributed by atoms with E-state index in [2.05, 4.69) is 25.8 Å². The number of rotatable bonds is 7. The highest BCUT2D eigenvalue weighted by Gasteiger charge is 2.35. The van der Waals surface area contributed by atoms with E-state index in [-0.39, 0.29) is 17.7 Å². The molecule has 206 valence electrons. The fourth-order valence-corrected chi connectivity index (χ4v) is 6.23. The van der Waals surface area contributed by atoms with Gasteiger partial charge in [-0.1, -0.05) is 27.3 Å². The summed E-state index contributed by atoms with van der Waals surface area (Å²) in [5, 5.41) is 0. The van der Waals surface area contributed by atoms with Gasteiger partial charge in [-0.3, -0.25) is 9.36 Å². The fourth-order valence-electron chi connectivity index (χ4n) is 4.67. The van der Waals surface area contributed by atoms with Gasteiger partial charge in [0.05, 0.1) is 55.9 Å². The van der Waals surface area contributed by atoms with Gasteiger partial charge in [-0.25, -0.2) is 9.79 Å². The highest BCUT2D eigenvalue weighted by atomic mass is 79.9. The lowest BCUT2D eigenvalue weighted by atomic mass is 9.95. The average Bonchev–Trinajstić information content (AvgIpc) is 3.52. The zero-order valence-corrected chi connectivity index (χ0v) is 24.4. The van der Waals surface area contributed by atoms with Gasteiger partial charge in [-0.05, 0) is 37.6 Å². The number of allylic oxidation sites excluding steroid dienone is 1. The van der Waals surface area contributed by atoms with Crippen molar-refractivity contribution in [1.29, 1.82) is 0 Å². The Balaban J connectivity index is 1.66. The van der Waals surface area contributed by atoms with Crippen LogP contribution in [0.1, 0.15) is 31.2 Å². The second kappa shape index (κ2) is 11.4. The smallest absolute Gasteiger partial charge is 0.338 e. The largest absolute Gasteiger partial charge is 0.493 e. The topological polar surface area (TPSA) is 105 Å². The number of carbonyl (C=O) groups excluding carboxylic acids is 1. The number of methoxy groups -OCH3 is 2. The standard InChI is InChI=1S/C27H28BrN3O7S/c1-5-37-26(33)23-15(2)29-27-31(24(23)17-13-19(34-3)20(35-4)14-18(17)28)25(32)21(39-27)12-16-6-7-22(38-16)30-8-10-36-11-9-30/h6-7,12-14,24H,5,8-11H2,1-4H3/b21-12+. The molecular formula is C27H28BrN3O7S. The van der Waals surface area contributed by atoms with Crippen molar-refractivity contribution in [3.63, 3.8) is 0 Å². The summed E-state index contributed by atoms with van der Waals surface area (Å²) in [6.45, 7) is 6.43. The van der Waals surface area contributed by atoms with Gasteiger partial charge < -0.3 is 28.3 Å². The third kappa shape index (κ3) is 5.15. The SMILES string of the molecule is CCOC(=O)C1=C(C)N=c2s/c(=C/c3ccc(N4CCOCC4)o3)c(=O)n2C1c1cc(OC)c(OC)cc1Br. The highest BCUT2D eigenvalue weighted by Crippen LogP contribution is 2.40. The van der Waals surface area contributed by atoms with Gasteiger partial charge in [-0.2, -0.15) is 0 Å². The molecule has 1 unspecified atom stereocenters. The van der Waals surface area contributed by atoms with Gasteiger partial charge in [0.25, 0.3) is 5.56 Å². The molecule has 39 heavy (non-hydrogen) atoms. The average molecular weight is 619 g/mol. The van der Waals surface area contributed by atoms with Crippen LogP contribution in [0.4, 0.5) is 5.88 Å². The van der Waals surface area contributed by atoms with Crippen LogP contribution in [-0.4, -0.2) is 57.7 Å². The quantitative estimate of drug-likeness (QED) is 0.373. The normalized spacial score (nSPS) is 17.6. The van der Waals surface area contributed by atoms with Crippen LogP contribution in [0.2, 0.25) is 0 Å². The Morgan fingerprint density at radius 2 is 1.92 bits per heavy atom. The molecule has 0 aliphatic carbocycles. The number of ether oxygens (including phenoxy) is 4. The summed E-state index contributed by atoms with van der Waals surface area (Å²) in [7, 11) is 3.07. The lowest BCUT2D eigenvalue weighted by Crippen LogP contribution is -2.40. The molecule has 0 N–H and O–H groups in total. The number of hydrogen-bond donors (Lipinski definition) is 0. The number of nitrogens with zero attached hydrogens (tertiary/aromatic N) is 3. The maximum atomic E-state index is 13.9. The number of esters is 1. The van der Waals surface area contributed by atoms with Gasteiger partial charge in [0.15, 0.2) is 22.2 Å². The number of anilines is 1. The van der Waals surface area contributed by atoms with Crippen molar-refractivity contribution < 1.29 is 28.2 Å². The van der Waals surface area contributed by atoms with Gasteiger partial charge in [-0.15, -0.1) is 0 Å². The van der Waals surface area contributed by atoms with E-state index in [0.717, 1.165) is 19.0 Å². The molecule has 2 aliphatic heterocycles. The molecule has 1 aromatic carbocycles. The van der Waals surface area contributed by atoms with Crippen LogP contribution in [0.3, 0.4) is 0 Å². The summed E-state index contributed by atoms with van der Waals surface area (Å²) in [6, 6.07) is 6.42. The van der Waals surface area contributed by atoms with Crippen molar-refractivity contribution in [1.82, 2.24) is 4.57 Å². The first-order chi connectivity index (χ1) is 18.9. The van der Waals surface area contributed by atoms with Crippen LogP contribution in [0.5, 0.6) is 11.5 Å². The van der Waals surface area contributed by atoms with E-state index >= 15 is 0 Å². The maximum absolute atomic E-state index is 13.9. The Bertz CT molecular complexity index is 1610. The van der Waals surface area contributed by atoms with Crippen molar-refractivity contribution in [3.8, 4) is 11.5 Å². The van der Waals surface area contributed by atoms with Crippen molar-refractivity contribution in [2.75, 3.05) is 52.0 Å². The summed E-state index contributed by atoms with van der Waals surface area (Å²) >= 11 is 4.84. The van der Waals surface area contributed by atoms with Crippen LogP contribution in [0, 0.1) is 0 Å². The van der Waals surface area contributed by atoms with Crippen LogP contribution in [0.15, 0.2) is 54.2 Å². The minimum atomic E-state index is -0.808. The number of hydrogen-bond acceptors (Lipinski definition) is 10. The molecule has 0 bridgehead atoms. The van der Waals surface area contributed by atoms with Gasteiger partial charge in [0, 0.05) is 29.7 Å². The molecule has 2 aromatic heterocycles. The summed E-state index contributed by atoms with van der Waals surface area (Å²) in [6.07, 6.45) is 1.71. The minimum absolute atomic E-state index is 0.184. The van der Waals surface area contributed by atoms with E-state index in [9.17, 15) is 9.59 Å². The molecule has 12 heteroatoms. The number of furan rings is 1. The Labute approximate surface area is 236 Å². The molecule has 2 aliphatic rings. The van der Waals surface area contributed by atoms with Crippen molar-refractivity contribution >= 4 is 45.2 Å². The zero-order chi connectivity index (χ0) is 27.7. The number of morpholine rings is 1. The fraction of sp³-hybridized carbons (Fsp3) is 0.370. The summed E-state index contributed by atoms with van der Waals surface area (Å²) in [5.74, 6) is 1.70. The third-order valence-electron chi connectivity index (χ3n) is 6.52. The number of fused-ring (bicyclic) bond motifs is 1. The first kappa shape index (κ1) is 27.2. The summed E-state index contributed by atoms with van der Waals surface area (Å²) < 4.78 is 30.4. The zero-order valence-electron chi connectivity index (χ0n) is 22.0. The molecule has 0 saturated carbocycles. The van der Waals surface area contributed by atoms with Crippen molar-refractivity contribution in [3.05, 3.63) is 71.0 Å². The van der Waals surface area contributed by atoms with Crippen LogP contribution < -0.4 is 29.3 Å². The summed E-state index contributed by atoms with van der Waals surface area (Å²) in [4.78, 5) is 34.3. The lowest BCUT2D eigenvalue weighted by molar-refractivity contribution is -0.139. The molecule has 3 aromatic rings. The molecule has 1 saturated heterocycles. The van der Waals surface area contributed by atoms with Gasteiger partial charge in [0.2, 0.25) is 0 Å². The van der Waals surface area contributed by atoms with E-state index in [1.165, 1.54) is 23.0 Å². The van der Waals surface area contributed by atoms with Gasteiger partial charge >= 0.3 is 5.97 Å². The number of benzene rings is 1. The summed E-state index contributed by atoms with van der Waals surface area (Å²) in [5.41, 5.74) is 1.08. The van der Waals surface area contributed by atoms with E-state index in [4.69, 9.17) is 23.4 Å². The first-order valence-corrected chi connectivity index (χ1v) is 14.0. The predicted octanol–water partition coefficient (Wildman–Crippen LogP) is 3.01. The second-order valence-corrected chi connectivity index (χ2v) is 10.7. The highest BCUT2D eigenvalue weighted by molar-refractivity contribution is 9.10. The Morgan fingerprint density at radius 1 is 1.21 bits per heavy atom. The molecule has 0 spiro atoms. The number of halogens is 1. The van der Waals surface area contributed by atoms with Gasteiger partial charge in [0.1, 0.15) is 5.76 Å².